The summed E-state index contributed by atoms with van der Waals surface area (Å²) in [6.07, 6.45) is 7.59. The second-order valence-corrected chi connectivity index (χ2v) is 53.0. The highest BCUT2D eigenvalue weighted by molar-refractivity contribution is 7.87. The number of H-pyrrole nitrogens is 1. The molecule has 4 aliphatic heterocycles. The summed E-state index contributed by atoms with van der Waals surface area (Å²) in [7, 11) is -10.1. The molecule has 12 heterocycles. The summed E-state index contributed by atoms with van der Waals surface area (Å²) in [5.74, 6) is -0.0980. The molecule has 11 N–H and O–H groups in total. The summed E-state index contributed by atoms with van der Waals surface area (Å²) in [4.78, 5) is 82.9. The largest absolute Gasteiger partial charge is 0.471 e. The van der Waals surface area contributed by atoms with E-state index < -0.39 is 69.6 Å². The molecule has 45 heteroatoms. The number of nitrogens with two attached hydrogens (primary N) is 4. The predicted octanol–water partition coefficient (Wildman–Crippen LogP) is 13.5. The topological polar surface area (TPSA) is 552 Å². The minimum absolute atomic E-state index is 0.00548. The number of benzene rings is 3. The number of hydrogen-bond acceptors (Lipinski definition) is 34. The zero-order valence-electron chi connectivity index (χ0n) is 76.7. The van der Waals surface area contributed by atoms with Crippen LogP contribution in [0.2, 0.25) is 54.4 Å². The van der Waals surface area contributed by atoms with Crippen LogP contribution in [0.1, 0.15) is 181 Å². The number of aryl methyl sites for hydroxylation is 3. The maximum absolute atomic E-state index is 13.3. The number of ether oxygens (including phenoxy) is 6. The summed E-state index contributed by atoms with van der Waals surface area (Å²) in [5.41, 5.74) is 28.7. The average Bonchev–Trinajstić information content (AvgIpc) is 1.63. The first kappa shape index (κ1) is 97.4. The molecule has 4 aliphatic rings. The Balaban J connectivity index is 0.000000157. The van der Waals surface area contributed by atoms with Crippen LogP contribution >= 0.6 is 0 Å². The van der Waals surface area contributed by atoms with Gasteiger partial charge in [-0.05, 0) is 118 Å². The minimum atomic E-state index is -4.21. The van der Waals surface area contributed by atoms with Crippen molar-refractivity contribution in [3.8, 4) is 17.6 Å². The molecule has 698 valence electrons. The van der Waals surface area contributed by atoms with Gasteiger partial charge in [0.1, 0.15) is 49.1 Å². The Bertz CT molecular complexity index is 6050. The number of anilines is 4. The van der Waals surface area contributed by atoms with Gasteiger partial charge in [0, 0.05) is 37.8 Å². The Morgan fingerprint density at radius 2 is 0.829 bits per heavy atom. The van der Waals surface area contributed by atoms with Crippen LogP contribution in [-0.2, 0) is 55.6 Å². The molecule has 41 nitrogen and oxygen atoms in total. The molecular weight excluding hydrogens is 1740 g/mol. The molecule has 12 atom stereocenters. The monoisotopic (exact) mass is 1860 g/mol. The van der Waals surface area contributed by atoms with Gasteiger partial charge in [-0.15, -0.1) is 0 Å². The molecule has 0 radical (unpaired) electrons. The van der Waals surface area contributed by atoms with Gasteiger partial charge in [0.25, 0.3) is 22.8 Å². The first-order valence-corrected chi connectivity index (χ1v) is 53.0. The SMILES string of the molecule is CC[C@H]1O[C@@H](n2cnc3c(=O)[nH]c(N)nc32)C[C@H]1O[Si](C)(C)C(C)(C)C.CC[C@H]1O[C@@H](n2cnc3c(OCc4ccccc4[N+](=O)[O-])nc(N)nc32)C[C@H]1O[Si](C)(C)C(C)(C)C.CC[C@H]1O[C@@H](n2cnc3c(OS(=O)(=O)c4c(C)cc(C)cc4C)nc(N)nc32)C[C@H]1O[Si](C)(C)C(C)(C)C.Nc1nc(OCc2ccccc2[N+](=O)[O-])c2ncn([C@H]3C[C@@H](O)[C@@H](CO)O3)c2n1. The van der Waals surface area contributed by atoms with Crippen LogP contribution in [0.15, 0.2) is 95.7 Å². The van der Waals surface area contributed by atoms with E-state index in [1.807, 2.05) is 11.5 Å². The lowest BCUT2D eigenvalue weighted by Crippen LogP contribution is -2.45. The Hall–Kier alpha value is -10.7. The lowest BCUT2D eigenvalue weighted by molar-refractivity contribution is -0.386. The number of imidazole rings is 4. The first-order chi connectivity index (χ1) is 60.4. The van der Waals surface area contributed by atoms with E-state index in [-0.39, 0.29) is 165 Å². The molecule has 0 aliphatic carbocycles. The molecule has 0 spiro atoms. The van der Waals surface area contributed by atoms with Gasteiger partial charge in [0.2, 0.25) is 35.6 Å². The number of aliphatic hydroxyl groups is 2. The molecule has 15 rings (SSSR count). The lowest BCUT2D eigenvalue weighted by atomic mass is 10.1. The highest BCUT2D eigenvalue weighted by Gasteiger charge is 2.49. The van der Waals surface area contributed by atoms with Crippen molar-refractivity contribution in [3.05, 3.63) is 144 Å². The molecule has 4 saturated heterocycles. The van der Waals surface area contributed by atoms with Gasteiger partial charge in [0.15, 0.2) is 69.6 Å². The maximum Gasteiger partial charge on any atom is 0.341 e. The van der Waals surface area contributed by atoms with E-state index in [1.54, 1.807) is 95.1 Å². The van der Waals surface area contributed by atoms with Crippen LogP contribution in [0.3, 0.4) is 0 Å². The maximum atomic E-state index is 13.3. The lowest BCUT2D eigenvalue weighted by Gasteiger charge is -2.39. The van der Waals surface area contributed by atoms with Gasteiger partial charge in [-0.3, -0.25) is 48.3 Å². The third-order valence-electron chi connectivity index (χ3n) is 24.9. The number of aliphatic hydroxyl groups excluding tert-OH is 2. The molecule has 0 amide bonds. The Morgan fingerprint density at radius 1 is 0.504 bits per heavy atom. The molecule has 0 bridgehead atoms. The third-order valence-corrected chi connectivity index (χ3v) is 40.0. The van der Waals surface area contributed by atoms with Crippen molar-refractivity contribution in [2.45, 2.75) is 295 Å². The van der Waals surface area contributed by atoms with Gasteiger partial charge >= 0.3 is 10.1 Å². The number of nitrogens with one attached hydrogen (secondary N) is 1. The second kappa shape index (κ2) is 38.4. The number of nitrogens with zero attached hydrogens (tertiary/aromatic N) is 17. The van der Waals surface area contributed by atoms with E-state index in [0.29, 0.717) is 75.1 Å². The van der Waals surface area contributed by atoms with E-state index in [0.717, 1.165) is 24.8 Å². The summed E-state index contributed by atoms with van der Waals surface area (Å²) in [6, 6.07) is 16.2. The van der Waals surface area contributed by atoms with E-state index in [9.17, 15) is 43.7 Å². The highest BCUT2D eigenvalue weighted by Crippen LogP contribution is 2.47. The molecule has 4 fully saturated rings. The highest BCUT2D eigenvalue weighted by atomic mass is 32.2. The van der Waals surface area contributed by atoms with Crippen molar-refractivity contribution in [1.29, 1.82) is 0 Å². The molecule has 129 heavy (non-hydrogen) atoms. The standard InChI is InChI=1S/C26H39N5O5SSi.C24H34N6O5Si.C17H18N6O6.C17H29N5O3Si/c1-10-18-19(36-38(8,9)26(5,6)7)13-20(34-18)31-14-28-21-23(31)29-25(27)30-24(21)35-37(32,33)22-16(3)11-15(2)12-17(22)4;1-7-17-18(35-36(5,6)24(2,3)4)12-19(34-17)29-14-26-20-21(29)27-23(25)28-22(20)33-13-15-10-8-9-11-16(15)30(31)32;18-17-20-15-14(19-8-22(15)13-5-11(25)12(6-24)29-13)16(21-17)28-7-9-3-1-2-4-10(9)23(26)27;1-7-10-11(25-26(5,6)17(2,3)4)8-12(24-10)22-9-19-13-14(22)20-16(18)21-15(13)23/h11-12,14,18-20H,10,13H2,1-9H3,(H2,27,29,30);8-11,14,17-19H,7,12-13H2,1-6H3,(H2,25,27,28);1-4,8,11-13,24-25H,5-7H2,(H2,18,20,21);9-12H,7-8H2,1-6H3,(H3,18,20,21,23)/t18-,19-,20-;17-,18-,19-;11-,12-,13-;10-,11-,12-/m1111/s1. The van der Waals surface area contributed by atoms with Crippen molar-refractivity contribution in [3.63, 3.8) is 0 Å². The van der Waals surface area contributed by atoms with E-state index >= 15 is 0 Å². The number of hydrogen-bond donors (Lipinski definition) is 7. The fraction of sp³-hybridized carbons (Fsp3) is 0.548. The smallest absolute Gasteiger partial charge is 0.341 e. The number of nitro groups is 2. The van der Waals surface area contributed by atoms with Crippen molar-refractivity contribution < 1.29 is 74.4 Å². The number of rotatable bonds is 25. The van der Waals surface area contributed by atoms with Crippen LogP contribution < -0.4 is 42.2 Å². The fourth-order valence-electron chi connectivity index (χ4n) is 15.2. The molecule has 8 aromatic heterocycles. The Morgan fingerprint density at radius 3 is 1.17 bits per heavy atom. The van der Waals surface area contributed by atoms with Crippen LogP contribution in [0.5, 0.6) is 17.6 Å². The zero-order valence-corrected chi connectivity index (χ0v) is 80.6. The van der Waals surface area contributed by atoms with E-state index in [1.165, 1.54) is 18.5 Å². The van der Waals surface area contributed by atoms with Crippen LogP contribution in [0, 0.1) is 41.0 Å². The number of para-hydroxylation sites is 2. The van der Waals surface area contributed by atoms with Gasteiger partial charge in [-0.2, -0.15) is 43.3 Å². The number of nitrogen functional groups attached to an aromatic ring is 4. The van der Waals surface area contributed by atoms with Crippen molar-refractivity contribution in [2.75, 3.05) is 29.5 Å². The van der Waals surface area contributed by atoms with E-state index in [4.69, 9.17) is 68.8 Å². The van der Waals surface area contributed by atoms with Gasteiger partial charge in [-0.1, -0.05) is 125 Å². The minimum Gasteiger partial charge on any atom is -0.471 e. The molecule has 11 aromatic rings. The van der Waals surface area contributed by atoms with Crippen LogP contribution in [-0.4, -0.2) is 187 Å². The van der Waals surface area contributed by atoms with Crippen molar-refractivity contribution in [1.82, 2.24) is 78.1 Å². The predicted molar refractivity (Wildman–Crippen MR) is 489 cm³/mol. The normalized spacial score (nSPS) is 21.7. The van der Waals surface area contributed by atoms with Gasteiger partial charge in [0.05, 0.1) is 95.6 Å². The number of aromatic amines is 1. The van der Waals surface area contributed by atoms with Crippen molar-refractivity contribution in [2.24, 2.45) is 0 Å². The number of nitro benzene ring substituents is 2. The first-order valence-electron chi connectivity index (χ1n) is 42.8. The van der Waals surface area contributed by atoms with Crippen LogP contribution in [0.4, 0.5) is 35.2 Å². The zero-order chi connectivity index (χ0) is 94.3. The number of aromatic nitrogens is 16. The number of fused-ring (bicyclic) bond motifs is 4. The average molecular weight is 1860 g/mol. The summed E-state index contributed by atoms with van der Waals surface area (Å²) >= 11 is 0. The third kappa shape index (κ3) is 21.3. The quantitative estimate of drug-likeness (QED) is 0.0121. The van der Waals surface area contributed by atoms with Crippen LogP contribution in [0.25, 0.3) is 44.7 Å². The molecule has 0 saturated carbocycles. The summed E-state index contributed by atoms with van der Waals surface area (Å²) < 4.78 is 95.3. The van der Waals surface area contributed by atoms with Gasteiger partial charge in [-0.25, -0.2) is 19.9 Å². The molecule has 3 aromatic carbocycles. The van der Waals surface area contributed by atoms with E-state index in [2.05, 4.69) is 182 Å². The Kier molecular flexibility index (Phi) is 29.0. The molecular formula is C84H120N22O19SSi3. The summed E-state index contributed by atoms with van der Waals surface area (Å²) in [5, 5.41) is 42.0. The van der Waals surface area contributed by atoms with Crippen molar-refractivity contribution >= 4 is 115 Å². The molecule has 0 unspecified atom stereocenters. The second-order valence-electron chi connectivity index (χ2n) is 37.2. The van der Waals surface area contributed by atoms with Gasteiger partial charge < -0.3 is 79.0 Å². The fourth-order valence-corrected chi connectivity index (χ4v) is 20.6. The summed E-state index contributed by atoms with van der Waals surface area (Å²) in [6.45, 7) is 44.6. The Labute approximate surface area is 749 Å².